The molecule has 1 aliphatic carbocycles. The summed E-state index contributed by atoms with van der Waals surface area (Å²) in [5.74, 6) is 0.821. The van der Waals surface area contributed by atoms with Crippen LogP contribution in [0.25, 0.3) is 11.3 Å². The lowest BCUT2D eigenvalue weighted by atomic mass is 9.89. The number of rotatable bonds is 3. The first kappa shape index (κ1) is 14.1. The van der Waals surface area contributed by atoms with Gasteiger partial charge < -0.3 is 0 Å². The normalized spacial score (nSPS) is 16.5. The zero-order chi connectivity index (χ0) is 13.9. The van der Waals surface area contributed by atoms with E-state index in [9.17, 15) is 0 Å². The number of hydrogen-bond acceptors (Lipinski definition) is 1. The maximum absolute atomic E-state index is 4.88. The average Bonchev–Trinajstić information content (AvgIpc) is 2.78. The summed E-state index contributed by atoms with van der Waals surface area (Å²) in [6.07, 6.45) is 6.95. The second kappa shape index (κ2) is 6.29. The minimum Gasteiger partial charge on any atom is -0.268 e. The molecule has 0 bridgehead atoms. The van der Waals surface area contributed by atoms with Crippen LogP contribution in [0.4, 0.5) is 0 Å². The monoisotopic (exact) mass is 380 g/mol. The standard InChI is InChI=1S/C17H21IN2/c1-13-16(18)17(15-10-6-3-7-11-15)19-20(13)12-14-8-4-2-5-9-14/h3,6-7,10-11,14H,2,4-5,8-9,12H2,1H3. The molecule has 1 heterocycles. The van der Waals surface area contributed by atoms with Gasteiger partial charge in [0, 0.05) is 17.8 Å². The van der Waals surface area contributed by atoms with Gasteiger partial charge >= 0.3 is 0 Å². The van der Waals surface area contributed by atoms with Gasteiger partial charge in [0.05, 0.1) is 3.57 Å². The second-order valence-electron chi connectivity index (χ2n) is 5.80. The molecule has 0 unspecified atom stereocenters. The Balaban J connectivity index is 1.85. The van der Waals surface area contributed by atoms with Crippen LogP contribution >= 0.6 is 22.6 Å². The van der Waals surface area contributed by atoms with Gasteiger partial charge in [-0.05, 0) is 48.3 Å². The van der Waals surface area contributed by atoms with Crippen molar-refractivity contribution in [3.63, 3.8) is 0 Å². The largest absolute Gasteiger partial charge is 0.268 e. The third-order valence-corrected chi connectivity index (χ3v) is 5.63. The summed E-state index contributed by atoms with van der Waals surface area (Å²) in [6.45, 7) is 3.29. The van der Waals surface area contributed by atoms with Crippen molar-refractivity contribution in [1.29, 1.82) is 0 Å². The minimum atomic E-state index is 0.821. The Morgan fingerprint density at radius 2 is 1.85 bits per heavy atom. The Hall–Kier alpha value is -0.840. The fraction of sp³-hybridized carbons (Fsp3) is 0.471. The minimum absolute atomic E-state index is 0.821. The Labute approximate surface area is 134 Å². The molecule has 0 amide bonds. The van der Waals surface area contributed by atoms with Gasteiger partial charge in [-0.2, -0.15) is 5.10 Å². The molecule has 3 rings (SSSR count). The Kier molecular flexibility index (Phi) is 4.44. The first-order valence-electron chi connectivity index (χ1n) is 7.54. The van der Waals surface area contributed by atoms with Crippen molar-refractivity contribution in [2.75, 3.05) is 0 Å². The molecule has 0 N–H and O–H groups in total. The Morgan fingerprint density at radius 1 is 1.15 bits per heavy atom. The van der Waals surface area contributed by atoms with E-state index >= 15 is 0 Å². The molecule has 1 saturated carbocycles. The fourth-order valence-corrected chi connectivity index (χ4v) is 3.79. The molecule has 1 fully saturated rings. The number of halogens is 1. The zero-order valence-electron chi connectivity index (χ0n) is 12.0. The van der Waals surface area contributed by atoms with Crippen LogP contribution in [-0.2, 0) is 6.54 Å². The summed E-state index contributed by atoms with van der Waals surface area (Å²) in [6, 6.07) is 10.5. The van der Waals surface area contributed by atoms with Crippen molar-refractivity contribution in [2.45, 2.75) is 45.6 Å². The average molecular weight is 380 g/mol. The van der Waals surface area contributed by atoms with Crippen molar-refractivity contribution in [3.05, 3.63) is 39.6 Å². The van der Waals surface area contributed by atoms with Crippen LogP contribution in [0.15, 0.2) is 30.3 Å². The molecule has 0 radical (unpaired) electrons. The zero-order valence-corrected chi connectivity index (χ0v) is 14.1. The Bertz CT molecular complexity index is 568. The first-order chi connectivity index (χ1) is 9.75. The van der Waals surface area contributed by atoms with Crippen LogP contribution in [0.3, 0.4) is 0 Å². The third-order valence-electron chi connectivity index (χ3n) is 4.34. The molecular formula is C17H21IN2. The maximum atomic E-state index is 4.88. The molecular weight excluding hydrogens is 359 g/mol. The van der Waals surface area contributed by atoms with Gasteiger partial charge in [-0.15, -0.1) is 0 Å². The first-order valence-corrected chi connectivity index (χ1v) is 8.62. The number of hydrogen-bond donors (Lipinski definition) is 0. The van der Waals surface area contributed by atoms with Crippen LogP contribution in [0, 0.1) is 16.4 Å². The van der Waals surface area contributed by atoms with Gasteiger partial charge in [0.25, 0.3) is 0 Å². The predicted octanol–water partition coefficient (Wildman–Crippen LogP) is 5.04. The summed E-state index contributed by atoms with van der Waals surface area (Å²) >= 11 is 2.44. The van der Waals surface area contributed by atoms with E-state index in [2.05, 4.69) is 64.5 Å². The van der Waals surface area contributed by atoms with Crippen molar-refractivity contribution in [1.82, 2.24) is 9.78 Å². The summed E-state index contributed by atoms with van der Waals surface area (Å²) in [5.41, 5.74) is 3.68. The molecule has 0 atom stereocenters. The van der Waals surface area contributed by atoms with E-state index in [1.54, 1.807) is 0 Å². The highest BCUT2D eigenvalue weighted by Gasteiger charge is 2.18. The summed E-state index contributed by atoms with van der Waals surface area (Å²) in [5, 5.41) is 4.88. The van der Waals surface area contributed by atoms with Crippen LogP contribution in [-0.4, -0.2) is 9.78 Å². The molecule has 20 heavy (non-hydrogen) atoms. The third kappa shape index (κ3) is 2.92. The smallest absolute Gasteiger partial charge is 0.106 e. The van der Waals surface area contributed by atoms with Gasteiger partial charge in [0.2, 0.25) is 0 Å². The molecule has 3 heteroatoms. The van der Waals surface area contributed by atoms with Crippen molar-refractivity contribution in [3.8, 4) is 11.3 Å². The lowest BCUT2D eigenvalue weighted by molar-refractivity contribution is 0.306. The highest BCUT2D eigenvalue weighted by atomic mass is 127. The predicted molar refractivity (Wildman–Crippen MR) is 91.7 cm³/mol. The topological polar surface area (TPSA) is 17.8 Å². The van der Waals surface area contributed by atoms with E-state index < -0.39 is 0 Å². The molecule has 0 aliphatic heterocycles. The van der Waals surface area contributed by atoms with Crippen LogP contribution in [0.2, 0.25) is 0 Å². The maximum Gasteiger partial charge on any atom is 0.106 e. The highest BCUT2D eigenvalue weighted by molar-refractivity contribution is 14.1. The molecule has 0 saturated heterocycles. The van der Waals surface area contributed by atoms with Crippen molar-refractivity contribution >= 4 is 22.6 Å². The van der Waals surface area contributed by atoms with E-state index in [4.69, 9.17) is 5.10 Å². The second-order valence-corrected chi connectivity index (χ2v) is 6.88. The molecule has 1 aromatic carbocycles. The van der Waals surface area contributed by atoms with Crippen LogP contribution in [0.1, 0.15) is 37.8 Å². The van der Waals surface area contributed by atoms with E-state index in [1.807, 2.05) is 0 Å². The van der Waals surface area contributed by atoms with E-state index in [0.29, 0.717) is 0 Å². The molecule has 1 aromatic heterocycles. The van der Waals surface area contributed by atoms with E-state index in [-0.39, 0.29) is 0 Å². The van der Waals surface area contributed by atoms with Gasteiger partial charge in [0.1, 0.15) is 5.69 Å². The Morgan fingerprint density at radius 3 is 2.55 bits per heavy atom. The van der Waals surface area contributed by atoms with Gasteiger partial charge in [-0.25, -0.2) is 0 Å². The summed E-state index contributed by atoms with van der Waals surface area (Å²) < 4.78 is 3.53. The molecule has 106 valence electrons. The fourth-order valence-electron chi connectivity index (χ4n) is 3.10. The molecule has 1 aliphatic rings. The van der Waals surface area contributed by atoms with Gasteiger partial charge in [-0.3, -0.25) is 4.68 Å². The summed E-state index contributed by atoms with van der Waals surface area (Å²) in [4.78, 5) is 0. The van der Waals surface area contributed by atoms with Gasteiger partial charge in [0.15, 0.2) is 0 Å². The number of aromatic nitrogens is 2. The number of nitrogens with zero attached hydrogens (tertiary/aromatic N) is 2. The summed E-state index contributed by atoms with van der Waals surface area (Å²) in [7, 11) is 0. The highest BCUT2D eigenvalue weighted by Crippen LogP contribution is 2.29. The van der Waals surface area contributed by atoms with Gasteiger partial charge in [-0.1, -0.05) is 49.6 Å². The lowest BCUT2D eigenvalue weighted by Crippen LogP contribution is -2.16. The van der Waals surface area contributed by atoms with E-state index in [1.165, 1.54) is 46.9 Å². The SMILES string of the molecule is Cc1c(I)c(-c2ccccc2)nn1CC1CCCCC1. The molecule has 2 nitrogen and oxygen atoms in total. The van der Waals surface area contributed by atoms with Crippen molar-refractivity contribution < 1.29 is 0 Å². The lowest BCUT2D eigenvalue weighted by Gasteiger charge is -2.21. The van der Waals surface area contributed by atoms with E-state index in [0.717, 1.165) is 18.2 Å². The number of benzene rings is 1. The van der Waals surface area contributed by atoms with Crippen molar-refractivity contribution in [2.24, 2.45) is 5.92 Å². The van der Waals surface area contributed by atoms with Crippen LogP contribution in [0.5, 0.6) is 0 Å². The molecule has 0 spiro atoms. The van der Waals surface area contributed by atoms with Crippen LogP contribution < -0.4 is 0 Å². The quantitative estimate of drug-likeness (QED) is 0.682. The molecule has 2 aromatic rings.